The molecule has 0 saturated carbocycles. The third-order valence-electron chi connectivity index (χ3n) is 2.62. The molecule has 1 aromatic carbocycles. The first kappa shape index (κ1) is 9.06. The summed E-state index contributed by atoms with van der Waals surface area (Å²) < 4.78 is 0. The number of fused-ring (bicyclic) bond motifs is 1. The van der Waals surface area contributed by atoms with Gasteiger partial charge in [-0.1, -0.05) is 13.8 Å². The fraction of sp³-hybridized carbons (Fsp3) is 0.364. The molecule has 0 fully saturated rings. The predicted molar refractivity (Wildman–Crippen MR) is 57.0 cm³/mol. The molecule has 3 nitrogen and oxygen atoms in total. The van der Waals surface area contributed by atoms with Gasteiger partial charge in [0.05, 0.1) is 0 Å². The Morgan fingerprint density at radius 2 is 2.14 bits per heavy atom. The van der Waals surface area contributed by atoms with Crippen LogP contribution in [0.15, 0.2) is 18.2 Å². The lowest BCUT2D eigenvalue weighted by atomic mass is 9.81. The SMILES string of the molecule is CC1(C)Cc2cc(N)ccc2NC1=O. The van der Waals surface area contributed by atoms with Crippen LogP contribution in [0.4, 0.5) is 11.4 Å². The first-order chi connectivity index (χ1) is 6.49. The zero-order valence-corrected chi connectivity index (χ0v) is 8.42. The van der Waals surface area contributed by atoms with Gasteiger partial charge in [0, 0.05) is 16.8 Å². The topological polar surface area (TPSA) is 55.1 Å². The molecule has 1 aliphatic rings. The van der Waals surface area contributed by atoms with E-state index in [0.29, 0.717) is 0 Å². The van der Waals surface area contributed by atoms with Gasteiger partial charge in [-0.3, -0.25) is 4.79 Å². The molecule has 1 aliphatic heterocycles. The minimum absolute atomic E-state index is 0.0785. The summed E-state index contributed by atoms with van der Waals surface area (Å²) in [6, 6.07) is 5.59. The fourth-order valence-corrected chi connectivity index (χ4v) is 1.73. The highest BCUT2D eigenvalue weighted by molar-refractivity contribution is 5.98. The van der Waals surface area contributed by atoms with Gasteiger partial charge in [-0.15, -0.1) is 0 Å². The van der Waals surface area contributed by atoms with Crippen LogP contribution in [0.25, 0.3) is 0 Å². The van der Waals surface area contributed by atoms with E-state index < -0.39 is 0 Å². The Morgan fingerprint density at radius 3 is 2.86 bits per heavy atom. The van der Waals surface area contributed by atoms with E-state index in [0.717, 1.165) is 23.4 Å². The van der Waals surface area contributed by atoms with Crippen molar-refractivity contribution in [2.45, 2.75) is 20.3 Å². The molecule has 0 radical (unpaired) electrons. The van der Waals surface area contributed by atoms with Gasteiger partial charge in [-0.25, -0.2) is 0 Å². The van der Waals surface area contributed by atoms with E-state index in [4.69, 9.17) is 5.73 Å². The predicted octanol–water partition coefficient (Wildman–Crippen LogP) is 1.79. The van der Waals surface area contributed by atoms with Gasteiger partial charge in [0.25, 0.3) is 0 Å². The first-order valence-electron chi connectivity index (χ1n) is 4.69. The van der Waals surface area contributed by atoms with E-state index in [1.807, 2.05) is 26.0 Å². The van der Waals surface area contributed by atoms with Gasteiger partial charge in [-0.2, -0.15) is 0 Å². The fourth-order valence-electron chi connectivity index (χ4n) is 1.73. The largest absolute Gasteiger partial charge is 0.399 e. The highest BCUT2D eigenvalue weighted by Gasteiger charge is 2.33. The van der Waals surface area contributed by atoms with Gasteiger partial charge in [0.1, 0.15) is 0 Å². The molecule has 14 heavy (non-hydrogen) atoms. The standard InChI is InChI=1S/C11H14N2O/c1-11(2)6-7-5-8(12)3-4-9(7)13-10(11)14/h3-5H,6,12H2,1-2H3,(H,13,14). The van der Waals surface area contributed by atoms with Crippen molar-refractivity contribution < 1.29 is 4.79 Å². The van der Waals surface area contributed by atoms with Crippen molar-refractivity contribution in [1.82, 2.24) is 0 Å². The number of benzene rings is 1. The lowest BCUT2D eigenvalue weighted by molar-refractivity contribution is -0.124. The Labute approximate surface area is 83.3 Å². The smallest absolute Gasteiger partial charge is 0.230 e. The summed E-state index contributed by atoms with van der Waals surface area (Å²) in [7, 11) is 0. The number of amides is 1. The second kappa shape index (κ2) is 2.74. The average molecular weight is 190 g/mol. The van der Waals surface area contributed by atoms with E-state index in [1.54, 1.807) is 6.07 Å². The Balaban J connectivity index is 2.46. The van der Waals surface area contributed by atoms with Crippen molar-refractivity contribution in [3.8, 4) is 0 Å². The molecule has 0 aromatic heterocycles. The maximum atomic E-state index is 11.6. The molecule has 3 heteroatoms. The summed E-state index contributed by atoms with van der Waals surface area (Å²) >= 11 is 0. The molecule has 1 amide bonds. The Bertz CT molecular complexity index is 396. The number of anilines is 2. The lowest BCUT2D eigenvalue weighted by Crippen LogP contribution is -2.37. The maximum Gasteiger partial charge on any atom is 0.230 e. The molecule has 0 bridgehead atoms. The molecule has 2 rings (SSSR count). The van der Waals surface area contributed by atoms with Crippen LogP contribution in [-0.4, -0.2) is 5.91 Å². The van der Waals surface area contributed by atoms with Crippen molar-refractivity contribution >= 4 is 17.3 Å². The number of carbonyl (C=O) groups excluding carboxylic acids is 1. The number of hydrogen-bond donors (Lipinski definition) is 2. The van der Waals surface area contributed by atoms with Gasteiger partial charge in [0.15, 0.2) is 0 Å². The Morgan fingerprint density at radius 1 is 1.43 bits per heavy atom. The quantitative estimate of drug-likeness (QED) is 0.613. The lowest BCUT2D eigenvalue weighted by Gasteiger charge is -2.30. The third-order valence-corrected chi connectivity index (χ3v) is 2.62. The molecule has 74 valence electrons. The summed E-state index contributed by atoms with van der Waals surface area (Å²) in [5.41, 5.74) is 8.12. The molecular weight excluding hydrogens is 176 g/mol. The second-order valence-electron chi connectivity index (χ2n) is 4.43. The van der Waals surface area contributed by atoms with Crippen LogP contribution in [0.1, 0.15) is 19.4 Å². The highest BCUT2D eigenvalue weighted by Crippen LogP contribution is 2.33. The number of hydrogen-bond acceptors (Lipinski definition) is 2. The minimum Gasteiger partial charge on any atom is -0.399 e. The summed E-state index contributed by atoms with van der Waals surface area (Å²) in [6.45, 7) is 3.88. The van der Waals surface area contributed by atoms with Crippen molar-refractivity contribution in [3.63, 3.8) is 0 Å². The number of rotatable bonds is 0. The van der Waals surface area contributed by atoms with E-state index in [9.17, 15) is 4.79 Å². The monoisotopic (exact) mass is 190 g/mol. The summed E-state index contributed by atoms with van der Waals surface area (Å²) in [4.78, 5) is 11.6. The molecule has 0 aliphatic carbocycles. The second-order valence-corrected chi connectivity index (χ2v) is 4.43. The molecule has 1 aromatic rings. The number of nitrogens with one attached hydrogen (secondary N) is 1. The van der Waals surface area contributed by atoms with Crippen LogP contribution in [0, 0.1) is 5.41 Å². The minimum atomic E-state index is -0.333. The van der Waals surface area contributed by atoms with Gasteiger partial charge >= 0.3 is 0 Å². The Hall–Kier alpha value is -1.51. The van der Waals surface area contributed by atoms with E-state index >= 15 is 0 Å². The molecular formula is C11H14N2O. The van der Waals surface area contributed by atoms with Gasteiger partial charge in [0.2, 0.25) is 5.91 Å². The van der Waals surface area contributed by atoms with Crippen LogP contribution in [0.2, 0.25) is 0 Å². The van der Waals surface area contributed by atoms with Gasteiger partial charge in [-0.05, 0) is 30.2 Å². The van der Waals surface area contributed by atoms with Crippen molar-refractivity contribution in [2.24, 2.45) is 5.41 Å². The zero-order valence-electron chi connectivity index (χ0n) is 8.42. The first-order valence-corrected chi connectivity index (χ1v) is 4.69. The summed E-state index contributed by atoms with van der Waals surface area (Å²) in [5.74, 6) is 0.0785. The van der Waals surface area contributed by atoms with Crippen molar-refractivity contribution in [2.75, 3.05) is 11.1 Å². The van der Waals surface area contributed by atoms with Crippen LogP contribution in [-0.2, 0) is 11.2 Å². The van der Waals surface area contributed by atoms with Crippen LogP contribution >= 0.6 is 0 Å². The molecule has 0 atom stereocenters. The van der Waals surface area contributed by atoms with Crippen molar-refractivity contribution in [3.05, 3.63) is 23.8 Å². The summed E-state index contributed by atoms with van der Waals surface area (Å²) in [6.07, 6.45) is 0.749. The van der Waals surface area contributed by atoms with Gasteiger partial charge < -0.3 is 11.1 Å². The summed E-state index contributed by atoms with van der Waals surface area (Å²) in [5, 5.41) is 2.88. The Kier molecular flexibility index (Phi) is 1.77. The molecule has 3 N–H and O–H groups in total. The van der Waals surface area contributed by atoms with Crippen LogP contribution < -0.4 is 11.1 Å². The molecule has 0 saturated heterocycles. The third kappa shape index (κ3) is 1.35. The highest BCUT2D eigenvalue weighted by atomic mass is 16.2. The number of nitrogen functional groups attached to an aromatic ring is 1. The molecule has 1 heterocycles. The zero-order chi connectivity index (χ0) is 10.3. The van der Waals surface area contributed by atoms with Crippen LogP contribution in [0.5, 0.6) is 0 Å². The molecule has 0 unspecified atom stereocenters. The van der Waals surface area contributed by atoms with Crippen LogP contribution in [0.3, 0.4) is 0 Å². The molecule has 0 spiro atoms. The van der Waals surface area contributed by atoms with Crippen molar-refractivity contribution in [1.29, 1.82) is 0 Å². The number of carbonyl (C=O) groups is 1. The average Bonchev–Trinajstić information content (AvgIpc) is 2.07. The van der Waals surface area contributed by atoms with E-state index in [1.165, 1.54) is 0 Å². The normalized spacial score (nSPS) is 18.6. The van der Waals surface area contributed by atoms with E-state index in [-0.39, 0.29) is 11.3 Å². The maximum absolute atomic E-state index is 11.6. The van der Waals surface area contributed by atoms with E-state index in [2.05, 4.69) is 5.32 Å². The number of nitrogens with two attached hydrogens (primary N) is 1.